The SMILES string of the molecule is Cc1cc2cc3c(cc2nc1SCC(=O)N1CCCC1)OCO3. The molecule has 4 rings (SSSR count). The Balaban J connectivity index is 1.56. The molecule has 1 amide bonds. The highest BCUT2D eigenvalue weighted by Crippen LogP contribution is 2.36. The van der Waals surface area contributed by atoms with Gasteiger partial charge in [-0.15, -0.1) is 0 Å². The summed E-state index contributed by atoms with van der Waals surface area (Å²) in [5.74, 6) is 2.16. The number of carbonyl (C=O) groups is 1. The normalized spacial score (nSPS) is 16.3. The summed E-state index contributed by atoms with van der Waals surface area (Å²) >= 11 is 1.52. The van der Waals surface area contributed by atoms with E-state index in [1.807, 2.05) is 24.0 Å². The topological polar surface area (TPSA) is 51.7 Å². The number of ether oxygens (including phenoxy) is 2. The highest BCUT2D eigenvalue weighted by atomic mass is 32.2. The van der Waals surface area contributed by atoms with Crippen molar-refractivity contribution in [1.82, 2.24) is 9.88 Å². The van der Waals surface area contributed by atoms with E-state index in [1.54, 1.807) is 0 Å². The number of likely N-dealkylation sites (tertiary alicyclic amines) is 1. The van der Waals surface area contributed by atoms with Crippen molar-refractivity contribution in [1.29, 1.82) is 0 Å². The van der Waals surface area contributed by atoms with Gasteiger partial charge in [0, 0.05) is 24.5 Å². The fourth-order valence-corrected chi connectivity index (χ4v) is 3.88. The largest absolute Gasteiger partial charge is 0.454 e. The van der Waals surface area contributed by atoms with Crippen LogP contribution in [0.25, 0.3) is 10.9 Å². The lowest BCUT2D eigenvalue weighted by Crippen LogP contribution is -2.29. The molecule has 0 N–H and O–H groups in total. The maximum Gasteiger partial charge on any atom is 0.232 e. The molecule has 2 aromatic rings. The van der Waals surface area contributed by atoms with E-state index in [9.17, 15) is 4.79 Å². The Kier molecular flexibility index (Phi) is 3.77. The summed E-state index contributed by atoms with van der Waals surface area (Å²) in [5, 5.41) is 1.94. The molecule has 5 nitrogen and oxygen atoms in total. The number of nitrogens with zero attached hydrogens (tertiary/aromatic N) is 2. The van der Waals surface area contributed by atoms with Gasteiger partial charge < -0.3 is 14.4 Å². The Morgan fingerprint density at radius 2 is 1.96 bits per heavy atom. The van der Waals surface area contributed by atoms with Gasteiger partial charge in [0.15, 0.2) is 11.5 Å². The van der Waals surface area contributed by atoms with E-state index in [4.69, 9.17) is 14.5 Å². The van der Waals surface area contributed by atoms with Crippen LogP contribution in [-0.4, -0.2) is 41.4 Å². The lowest BCUT2D eigenvalue weighted by atomic mass is 10.1. The van der Waals surface area contributed by atoms with E-state index in [1.165, 1.54) is 11.8 Å². The van der Waals surface area contributed by atoms with Crippen LogP contribution in [0.4, 0.5) is 0 Å². The molecular formula is C17H18N2O3S. The van der Waals surface area contributed by atoms with Crippen LogP contribution in [0, 0.1) is 6.92 Å². The van der Waals surface area contributed by atoms with Crippen LogP contribution in [-0.2, 0) is 4.79 Å². The van der Waals surface area contributed by atoms with Crippen molar-refractivity contribution < 1.29 is 14.3 Å². The molecule has 1 fully saturated rings. The highest BCUT2D eigenvalue weighted by molar-refractivity contribution is 7.99. The second-order valence-corrected chi connectivity index (χ2v) is 6.85. The molecule has 0 aliphatic carbocycles. The van der Waals surface area contributed by atoms with Crippen molar-refractivity contribution in [3.63, 3.8) is 0 Å². The third-order valence-corrected chi connectivity index (χ3v) is 5.32. The number of thioether (sulfide) groups is 1. The summed E-state index contributed by atoms with van der Waals surface area (Å²) in [4.78, 5) is 18.8. The lowest BCUT2D eigenvalue weighted by molar-refractivity contribution is -0.127. The summed E-state index contributed by atoms with van der Waals surface area (Å²) in [5.41, 5.74) is 1.95. The van der Waals surface area contributed by atoms with Crippen LogP contribution < -0.4 is 9.47 Å². The van der Waals surface area contributed by atoms with Crippen molar-refractivity contribution in [3.05, 3.63) is 23.8 Å². The van der Waals surface area contributed by atoms with Crippen LogP contribution >= 0.6 is 11.8 Å². The van der Waals surface area contributed by atoms with Gasteiger partial charge in [0.2, 0.25) is 12.7 Å². The van der Waals surface area contributed by atoms with Gasteiger partial charge in [0.25, 0.3) is 0 Å². The number of carbonyl (C=O) groups excluding carboxylic acids is 1. The van der Waals surface area contributed by atoms with Crippen LogP contribution in [0.15, 0.2) is 23.2 Å². The van der Waals surface area contributed by atoms with Gasteiger partial charge in [-0.05, 0) is 37.5 Å². The molecule has 0 spiro atoms. The standard InChI is InChI=1S/C17H18N2O3S/c1-11-6-12-7-14-15(22-10-21-14)8-13(12)18-17(11)23-9-16(20)19-4-2-3-5-19/h6-8H,2-5,9-10H2,1H3. The molecule has 1 aromatic carbocycles. The smallest absolute Gasteiger partial charge is 0.232 e. The Labute approximate surface area is 139 Å². The summed E-state index contributed by atoms with van der Waals surface area (Å²) in [7, 11) is 0. The molecule has 0 saturated carbocycles. The predicted molar refractivity (Wildman–Crippen MR) is 89.1 cm³/mol. The summed E-state index contributed by atoms with van der Waals surface area (Å²) < 4.78 is 10.8. The number of rotatable bonds is 3. The van der Waals surface area contributed by atoms with E-state index >= 15 is 0 Å². The number of hydrogen-bond donors (Lipinski definition) is 0. The van der Waals surface area contributed by atoms with Crippen molar-refractivity contribution in [2.45, 2.75) is 24.8 Å². The molecule has 2 aliphatic rings. The van der Waals surface area contributed by atoms with Crippen LogP contribution in [0.5, 0.6) is 11.5 Å². The van der Waals surface area contributed by atoms with E-state index in [-0.39, 0.29) is 12.7 Å². The van der Waals surface area contributed by atoms with Crippen LogP contribution in [0.2, 0.25) is 0 Å². The maximum absolute atomic E-state index is 12.2. The minimum absolute atomic E-state index is 0.208. The quantitative estimate of drug-likeness (QED) is 0.810. The van der Waals surface area contributed by atoms with E-state index in [0.29, 0.717) is 5.75 Å². The Hall–Kier alpha value is -1.95. The minimum Gasteiger partial charge on any atom is -0.454 e. The van der Waals surface area contributed by atoms with Crippen molar-refractivity contribution >= 4 is 28.6 Å². The van der Waals surface area contributed by atoms with Crippen molar-refractivity contribution in [3.8, 4) is 11.5 Å². The summed E-state index contributed by atoms with van der Waals surface area (Å²) in [6.45, 7) is 4.08. The third kappa shape index (κ3) is 2.83. The molecule has 0 bridgehead atoms. The summed E-state index contributed by atoms with van der Waals surface area (Å²) in [6.07, 6.45) is 2.24. The van der Waals surface area contributed by atoms with E-state index in [0.717, 1.165) is 58.9 Å². The molecule has 1 saturated heterocycles. The molecular weight excluding hydrogens is 312 g/mol. The van der Waals surface area contributed by atoms with Gasteiger partial charge in [-0.1, -0.05) is 11.8 Å². The van der Waals surface area contributed by atoms with Crippen molar-refractivity contribution in [2.24, 2.45) is 0 Å². The number of amides is 1. The molecule has 2 aliphatic heterocycles. The van der Waals surface area contributed by atoms with E-state index < -0.39 is 0 Å². The third-order valence-electron chi connectivity index (χ3n) is 4.24. The molecule has 23 heavy (non-hydrogen) atoms. The molecule has 0 unspecified atom stereocenters. The number of benzene rings is 1. The average molecular weight is 330 g/mol. The van der Waals surface area contributed by atoms with Gasteiger partial charge in [-0.25, -0.2) is 4.98 Å². The summed E-state index contributed by atoms with van der Waals surface area (Å²) in [6, 6.07) is 5.96. The van der Waals surface area contributed by atoms with Gasteiger partial charge in [0.05, 0.1) is 11.3 Å². The Bertz CT molecular complexity index is 772. The first-order valence-corrected chi connectivity index (χ1v) is 8.81. The first kappa shape index (κ1) is 14.6. The number of hydrogen-bond acceptors (Lipinski definition) is 5. The average Bonchev–Trinajstić information content (AvgIpc) is 3.21. The highest BCUT2D eigenvalue weighted by Gasteiger charge is 2.19. The zero-order chi connectivity index (χ0) is 15.8. The number of fused-ring (bicyclic) bond motifs is 2. The number of aryl methyl sites for hydroxylation is 1. The molecule has 0 radical (unpaired) electrons. The first-order chi connectivity index (χ1) is 11.2. The minimum atomic E-state index is 0.208. The number of pyridine rings is 1. The van der Waals surface area contributed by atoms with Gasteiger partial charge >= 0.3 is 0 Å². The van der Waals surface area contributed by atoms with Gasteiger partial charge in [-0.3, -0.25) is 4.79 Å². The van der Waals surface area contributed by atoms with Gasteiger partial charge in [-0.2, -0.15) is 0 Å². The monoisotopic (exact) mass is 330 g/mol. The zero-order valence-electron chi connectivity index (χ0n) is 13.0. The first-order valence-electron chi connectivity index (χ1n) is 7.82. The Morgan fingerprint density at radius 3 is 2.74 bits per heavy atom. The number of aromatic nitrogens is 1. The zero-order valence-corrected chi connectivity index (χ0v) is 13.8. The molecule has 3 heterocycles. The second kappa shape index (κ2) is 5.92. The van der Waals surface area contributed by atoms with Crippen molar-refractivity contribution in [2.75, 3.05) is 25.6 Å². The molecule has 120 valence electrons. The Morgan fingerprint density at radius 1 is 1.22 bits per heavy atom. The van der Waals surface area contributed by atoms with Crippen LogP contribution in [0.1, 0.15) is 18.4 Å². The fourth-order valence-electron chi connectivity index (χ4n) is 2.99. The van der Waals surface area contributed by atoms with Crippen LogP contribution in [0.3, 0.4) is 0 Å². The van der Waals surface area contributed by atoms with E-state index in [2.05, 4.69) is 6.07 Å². The van der Waals surface area contributed by atoms with Gasteiger partial charge in [0.1, 0.15) is 5.03 Å². The second-order valence-electron chi connectivity index (χ2n) is 5.89. The molecule has 1 aromatic heterocycles. The molecule has 6 heteroatoms. The molecule has 0 atom stereocenters. The fraction of sp³-hybridized carbons (Fsp3) is 0.412. The predicted octanol–water partition coefficient (Wildman–Crippen LogP) is 2.99. The maximum atomic E-state index is 12.2. The lowest BCUT2D eigenvalue weighted by Gasteiger charge is -2.15.